The standard InChI is InChI=1S/C24H38N4O4S/c1-3-26(4-2)23(29)20-25-13-10-14-27(18-17-25)24(30)21-11-9-12-22(19-21)33(31,32)28-15-7-5-6-8-16-28/h9,11-12,19H,3-8,10,13-18,20H2,1-2H3. The number of hydrogen-bond donors (Lipinski definition) is 0. The van der Waals surface area contributed by atoms with Crippen LogP contribution in [0.1, 0.15) is 56.3 Å². The van der Waals surface area contributed by atoms with E-state index in [1.807, 2.05) is 18.7 Å². The van der Waals surface area contributed by atoms with Crippen molar-refractivity contribution >= 4 is 21.8 Å². The minimum Gasteiger partial charge on any atom is -0.342 e. The second-order valence-corrected chi connectivity index (χ2v) is 10.8. The second-order valence-electron chi connectivity index (χ2n) is 8.83. The van der Waals surface area contributed by atoms with Gasteiger partial charge in [-0.2, -0.15) is 4.31 Å². The molecule has 0 unspecified atom stereocenters. The first-order valence-electron chi connectivity index (χ1n) is 12.3. The number of hydrogen-bond acceptors (Lipinski definition) is 5. The van der Waals surface area contributed by atoms with Crippen LogP contribution in [0, 0.1) is 0 Å². The molecule has 3 rings (SSSR count). The molecule has 8 nitrogen and oxygen atoms in total. The highest BCUT2D eigenvalue weighted by molar-refractivity contribution is 7.89. The van der Waals surface area contributed by atoms with Crippen LogP contribution in [0.3, 0.4) is 0 Å². The van der Waals surface area contributed by atoms with Gasteiger partial charge in [-0.15, -0.1) is 0 Å². The first-order chi connectivity index (χ1) is 15.9. The molecule has 0 atom stereocenters. The summed E-state index contributed by atoms with van der Waals surface area (Å²) in [4.78, 5) is 31.6. The number of nitrogens with zero attached hydrogens (tertiary/aromatic N) is 4. The van der Waals surface area contributed by atoms with Gasteiger partial charge in [-0.1, -0.05) is 18.9 Å². The van der Waals surface area contributed by atoms with E-state index in [0.29, 0.717) is 57.9 Å². The monoisotopic (exact) mass is 478 g/mol. The van der Waals surface area contributed by atoms with Gasteiger partial charge in [0.1, 0.15) is 0 Å². The lowest BCUT2D eigenvalue weighted by atomic mass is 10.2. The van der Waals surface area contributed by atoms with E-state index in [1.165, 1.54) is 6.07 Å². The van der Waals surface area contributed by atoms with E-state index < -0.39 is 10.0 Å². The maximum Gasteiger partial charge on any atom is 0.253 e. The highest BCUT2D eigenvalue weighted by Crippen LogP contribution is 2.22. The summed E-state index contributed by atoms with van der Waals surface area (Å²) in [7, 11) is -3.60. The lowest BCUT2D eigenvalue weighted by Gasteiger charge is -2.25. The number of benzene rings is 1. The highest BCUT2D eigenvalue weighted by atomic mass is 32.2. The summed E-state index contributed by atoms with van der Waals surface area (Å²) in [6, 6.07) is 6.45. The third-order valence-electron chi connectivity index (χ3n) is 6.63. The van der Waals surface area contributed by atoms with E-state index in [2.05, 4.69) is 4.90 Å². The first kappa shape index (κ1) is 25.6. The van der Waals surface area contributed by atoms with Gasteiger partial charge in [0.15, 0.2) is 0 Å². The number of carbonyl (C=O) groups excluding carboxylic acids is 2. The van der Waals surface area contributed by atoms with E-state index in [0.717, 1.165) is 38.6 Å². The molecule has 0 aromatic heterocycles. The summed E-state index contributed by atoms with van der Waals surface area (Å²) in [5.74, 6) is -0.0361. The summed E-state index contributed by atoms with van der Waals surface area (Å²) in [5.41, 5.74) is 0.401. The van der Waals surface area contributed by atoms with Gasteiger partial charge in [0, 0.05) is 57.9 Å². The second kappa shape index (κ2) is 11.9. The molecule has 2 aliphatic rings. The fourth-order valence-corrected chi connectivity index (χ4v) is 6.17. The minimum absolute atomic E-state index is 0.117. The first-order valence-corrected chi connectivity index (χ1v) is 13.7. The molecule has 0 aliphatic carbocycles. The number of likely N-dealkylation sites (N-methyl/N-ethyl adjacent to an activating group) is 1. The van der Waals surface area contributed by atoms with E-state index in [1.54, 1.807) is 27.4 Å². The molecule has 2 aliphatic heterocycles. The summed E-state index contributed by atoms with van der Waals surface area (Å²) >= 11 is 0. The van der Waals surface area contributed by atoms with Gasteiger partial charge in [0.25, 0.3) is 5.91 Å². The summed E-state index contributed by atoms with van der Waals surface area (Å²) in [6.07, 6.45) is 4.63. The third kappa shape index (κ3) is 6.55. The van der Waals surface area contributed by atoms with Crippen LogP contribution in [-0.2, 0) is 14.8 Å². The topological polar surface area (TPSA) is 81.2 Å². The van der Waals surface area contributed by atoms with Crippen molar-refractivity contribution in [3.63, 3.8) is 0 Å². The van der Waals surface area contributed by atoms with Crippen molar-refractivity contribution in [1.82, 2.24) is 19.0 Å². The van der Waals surface area contributed by atoms with Crippen LogP contribution in [-0.4, -0.2) is 98.1 Å². The molecule has 0 spiro atoms. The van der Waals surface area contributed by atoms with Gasteiger partial charge in [0.05, 0.1) is 11.4 Å². The smallest absolute Gasteiger partial charge is 0.253 e. The van der Waals surface area contributed by atoms with Crippen molar-refractivity contribution in [3.8, 4) is 0 Å². The Hall–Kier alpha value is -1.97. The summed E-state index contributed by atoms with van der Waals surface area (Å²) < 4.78 is 27.9. The van der Waals surface area contributed by atoms with Crippen molar-refractivity contribution < 1.29 is 18.0 Å². The van der Waals surface area contributed by atoms with Gasteiger partial charge in [-0.3, -0.25) is 14.5 Å². The van der Waals surface area contributed by atoms with E-state index in [9.17, 15) is 18.0 Å². The van der Waals surface area contributed by atoms with E-state index >= 15 is 0 Å². The van der Waals surface area contributed by atoms with Crippen LogP contribution >= 0.6 is 0 Å². The van der Waals surface area contributed by atoms with Gasteiger partial charge < -0.3 is 9.80 Å². The van der Waals surface area contributed by atoms with Gasteiger partial charge in [-0.05, 0) is 51.3 Å². The average molecular weight is 479 g/mol. The molecule has 33 heavy (non-hydrogen) atoms. The maximum atomic E-state index is 13.2. The largest absolute Gasteiger partial charge is 0.342 e. The zero-order valence-electron chi connectivity index (χ0n) is 20.0. The van der Waals surface area contributed by atoms with Gasteiger partial charge >= 0.3 is 0 Å². The zero-order chi connectivity index (χ0) is 23.8. The molecule has 2 saturated heterocycles. The molecule has 0 bridgehead atoms. The molecule has 0 saturated carbocycles. The van der Waals surface area contributed by atoms with Crippen LogP contribution in [0.2, 0.25) is 0 Å². The Bertz CT molecular complexity index is 909. The van der Waals surface area contributed by atoms with Crippen LogP contribution < -0.4 is 0 Å². The van der Waals surface area contributed by atoms with Crippen molar-refractivity contribution in [2.24, 2.45) is 0 Å². The van der Waals surface area contributed by atoms with Crippen molar-refractivity contribution in [3.05, 3.63) is 29.8 Å². The van der Waals surface area contributed by atoms with Crippen molar-refractivity contribution in [2.45, 2.75) is 50.8 Å². The number of rotatable bonds is 7. The molecular formula is C24H38N4O4S. The minimum atomic E-state index is -3.60. The molecule has 1 aromatic carbocycles. The Morgan fingerprint density at radius 3 is 2.24 bits per heavy atom. The predicted molar refractivity (Wildman–Crippen MR) is 129 cm³/mol. The molecule has 184 valence electrons. The van der Waals surface area contributed by atoms with Gasteiger partial charge in [0.2, 0.25) is 15.9 Å². The average Bonchev–Trinajstić information content (AvgIpc) is 3.23. The molecule has 2 amide bonds. The molecule has 0 N–H and O–H groups in total. The van der Waals surface area contributed by atoms with E-state index in [-0.39, 0.29) is 16.7 Å². The fourth-order valence-electron chi connectivity index (χ4n) is 4.60. The highest BCUT2D eigenvalue weighted by Gasteiger charge is 2.27. The van der Waals surface area contributed by atoms with Crippen LogP contribution in [0.5, 0.6) is 0 Å². The lowest BCUT2D eigenvalue weighted by Crippen LogP contribution is -2.42. The van der Waals surface area contributed by atoms with Crippen LogP contribution in [0.4, 0.5) is 0 Å². The predicted octanol–water partition coefficient (Wildman–Crippen LogP) is 2.27. The maximum absolute atomic E-state index is 13.2. The summed E-state index contributed by atoms with van der Waals surface area (Å²) in [6.45, 7) is 9.30. The van der Waals surface area contributed by atoms with Gasteiger partial charge in [-0.25, -0.2) is 8.42 Å². The van der Waals surface area contributed by atoms with Crippen LogP contribution in [0.25, 0.3) is 0 Å². The Balaban J connectivity index is 1.66. The third-order valence-corrected chi connectivity index (χ3v) is 8.53. The Kier molecular flexibility index (Phi) is 9.28. The van der Waals surface area contributed by atoms with Crippen molar-refractivity contribution in [2.75, 3.05) is 58.9 Å². The molecule has 2 fully saturated rings. The lowest BCUT2D eigenvalue weighted by molar-refractivity contribution is -0.132. The molecule has 1 aromatic rings. The fraction of sp³-hybridized carbons (Fsp3) is 0.667. The SMILES string of the molecule is CCN(CC)C(=O)CN1CCCN(C(=O)c2cccc(S(=O)(=O)N3CCCCCC3)c2)CC1. The Morgan fingerprint density at radius 2 is 1.58 bits per heavy atom. The van der Waals surface area contributed by atoms with Crippen LogP contribution in [0.15, 0.2) is 29.2 Å². The molecule has 2 heterocycles. The zero-order valence-corrected chi connectivity index (χ0v) is 20.9. The normalized spacial score (nSPS) is 19.0. The number of sulfonamides is 1. The van der Waals surface area contributed by atoms with Crippen molar-refractivity contribution in [1.29, 1.82) is 0 Å². The molecule has 9 heteroatoms. The Morgan fingerprint density at radius 1 is 0.879 bits per heavy atom. The summed E-state index contributed by atoms with van der Waals surface area (Å²) in [5, 5.41) is 0. The molecule has 0 radical (unpaired) electrons. The quantitative estimate of drug-likeness (QED) is 0.601. The Labute approximate surface area is 198 Å². The number of carbonyl (C=O) groups is 2. The number of amides is 2. The van der Waals surface area contributed by atoms with E-state index in [4.69, 9.17) is 0 Å². The molecular weight excluding hydrogens is 440 g/mol.